The van der Waals surface area contributed by atoms with Gasteiger partial charge in [0.15, 0.2) is 0 Å². The van der Waals surface area contributed by atoms with Crippen LogP contribution in [0.2, 0.25) is 0 Å². The van der Waals surface area contributed by atoms with Crippen LogP contribution in [0.4, 0.5) is 0 Å². The van der Waals surface area contributed by atoms with Gasteiger partial charge in [0.05, 0.1) is 0 Å². The first-order valence-electron chi connectivity index (χ1n) is 6.36. The van der Waals surface area contributed by atoms with Crippen LogP contribution in [-0.4, -0.2) is 65.9 Å². The summed E-state index contributed by atoms with van der Waals surface area (Å²) in [4.78, 5) is 0. The molecule has 0 spiro atoms. The molecule has 48 heteroatoms. The first-order chi connectivity index (χ1) is 13.9. The van der Waals surface area contributed by atoms with Crippen LogP contribution in [-0.2, 0) is 22.9 Å². The van der Waals surface area contributed by atoms with Gasteiger partial charge in [-0.05, 0) is 0 Å². The third-order valence-corrected chi connectivity index (χ3v) is 1.11. The predicted molar refractivity (Wildman–Crippen MR) is 159 cm³/mol. The van der Waals surface area contributed by atoms with E-state index in [0.29, 0.717) is 0 Å². The zero-order valence-electron chi connectivity index (χ0n) is 31.2. The van der Waals surface area contributed by atoms with Crippen LogP contribution in [0.25, 0.3) is 0 Å². The molecule has 39 nitrogen and oxygen atoms in total. The highest BCUT2D eigenvalue weighted by molar-refractivity contribution is 6.73. The second-order valence-electron chi connectivity index (χ2n) is 3.28. The monoisotopic (exact) mass is 758 g/mol. The molecule has 2 heterocycles. The zero-order chi connectivity index (χ0) is 25.7. The number of hydrogen-bond acceptors (Lipinski definition) is 22. The van der Waals surface area contributed by atoms with Crippen molar-refractivity contribution in [3.05, 3.63) is 0 Å². The molecule has 2 saturated heterocycles. The predicted octanol–water partition coefficient (Wildman–Crippen LogP) is -17.6. The molecule has 0 aliphatic carbocycles. The fourth-order valence-electron chi connectivity index (χ4n) is 0.710. The molecule has 68 N–H and O–H groups in total. The van der Waals surface area contributed by atoms with Crippen LogP contribution < -0.4 is 190 Å². The summed E-state index contributed by atoms with van der Waals surface area (Å²) in [5.74, 6) is 0. The summed E-state index contributed by atoms with van der Waals surface area (Å²) < 4.78 is 21.9. The lowest BCUT2D eigenvalue weighted by atomic mass is 9.90. The maximum absolute atomic E-state index is 10.5. The van der Waals surface area contributed by atoms with Crippen molar-refractivity contribution in [1.29, 1.82) is 0 Å². The smallest absolute Gasteiger partial charge is 0.597 e. The Hall–Kier alpha value is -0.976. The lowest BCUT2D eigenvalue weighted by molar-refractivity contribution is -0.481. The SMILES string of the molecule is [NH4+].[NH4+].[NH4+].[NH4+].[NH4+].[NH4+].[NH4+].[NH4+].[NH4+].[NH4+].[NH4+].[NH4+].[NH4+].[NH4+].[NH4+].[NH4+].[NH4+].[O-]B([O-])[O-].[O-]B([O-])[O-].[O-]B([O-])[O-].[O-]B([O-])[O-].[O-]B([O-])[O-].[O-]B1OB2OB([O-])OB(O1)O2. The van der Waals surface area contributed by atoms with E-state index in [2.05, 4.69) is 22.9 Å². The molecule has 48 heavy (non-hydrogen) atoms. The molecule has 2 rings (SSSR count). The van der Waals surface area contributed by atoms with Gasteiger partial charge in [-0.3, -0.25) is 36.6 Å². The molecule has 312 valence electrons. The van der Waals surface area contributed by atoms with E-state index in [1.807, 2.05) is 0 Å². The largest absolute Gasteiger partial charge is 0.907 e. The van der Waals surface area contributed by atoms with Crippen molar-refractivity contribution in [3.8, 4) is 0 Å². The van der Waals surface area contributed by atoms with Crippen molar-refractivity contribution in [3.63, 3.8) is 0 Å². The van der Waals surface area contributed by atoms with Crippen molar-refractivity contribution < 1.29 is 108 Å². The molecule has 0 saturated carbocycles. The number of fused-ring (bicyclic) bond motifs is 2. The Bertz CT molecular complexity index is 300. The third-order valence-electron chi connectivity index (χ3n) is 1.11. The number of hydrogen-bond donors (Lipinski definition) is 17. The van der Waals surface area contributed by atoms with Crippen molar-refractivity contribution in [2.45, 2.75) is 0 Å². The Kier molecular flexibility index (Phi) is 297. The normalized spacial score (nSPS) is 8.44. The van der Waals surface area contributed by atoms with E-state index in [0.717, 1.165) is 0 Å². The minimum atomic E-state index is -2.92. The summed E-state index contributed by atoms with van der Waals surface area (Å²) in [5.41, 5.74) is 0. The molecular formula is H68B9N17O22. The molecule has 0 atom stereocenters. The van der Waals surface area contributed by atoms with Gasteiger partial charge >= 0.3 is 29.3 Å². The highest BCUT2D eigenvalue weighted by Crippen LogP contribution is 2.12. The van der Waals surface area contributed by atoms with Crippen LogP contribution in [0.3, 0.4) is 0 Å². The Morgan fingerprint density at radius 3 is 0.396 bits per heavy atom. The molecule has 0 unspecified atom stereocenters. The van der Waals surface area contributed by atoms with Crippen LogP contribution in [0.1, 0.15) is 0 Å². The van der Waals surface area contributed by atoms with E-state index in [1.54, 1.807) is 0 Å². The van der Waals surface area contributed by atoms with Crippen molar-refractivity contribution in [1.82, 2.24) is 105 Å². The van der Waals surface area contributed by atoms with E-state index >= 15 is 0 Å². The molecule has 0 aromatic rings. The van der Waals surface area contributed by atoms with Crippen molar-refractivity contribution >= 4 is 65.9 Å². The summed E-state index contributed by atoms with van der Waals surface area (Å²) in [5, 5.41) is 147. The van der Waals surface area contributed by atoms with E-state index in [9.17, 15) is 10.0 Å². The van der Waals surface area contributed by atoms with Gasteiger partial charge in [-0.25, -0.2) is 0 Å². The molecular weight excluding hydrogens is 687 g/mol. The second-order valence-corrected chi connectivity index (χ2v) is 3.28. The van der Waals surface area contributed by atoms with Gasteiger partial charge in [-0.1, -0.05) is 0 Å². The Labute approximate surface area is 279 Å². The van der Waals surface area contributed by atoms with Crippen LogP contribution in [0.15, 0.2) is 0 Å². The number of rotatable bonds is 0. The molecule has 2 aliphatic heterocycles. The molecule has 0 radical (unpaired) electrons. The molecule has 0 aromatic carbocycles. The first-order valence-corrected chi connectivity index (χ1v) is 6.36. The maximum atomic E-state index is 10.5. The van der Waals surface area contributed by atoms with Crippen molar-refractivity contribution in [2.24, 2.45) is 0 Å². The van der Waals surface area contributed by atoms with Gasteiger partial charge in [-0.2, -0.15) is 0 Å². The quantitative estimate of drug-likeness (QED) is 0.102. The fourth-order valence-corrected chi connectivity index (χ4v) is 0.710. The topological polar surface area (TPSA) is 1060 Å². The summed E-state index contributed by atoms with van der Waals surface area (Å²) in [7, 11) is -20.6. The van der Waals surface area contributed by atoms with Crippen LogP contribution in [0.5, 0.6) is 0 Å². The molecule has 0 amide bonds. The van der Waals surface area contributed by atoms with Crippen molar-refractivity contribution in [2.75, 3.05) is 0 Å². The average Bonchev–Trinajstić information content (AvgIpc) is 2.41. The van der Waals surface area contributed by atoms with Gasteiger partial charge in [0.2, 0.25) is 0 Å². The van der Waals surface area contributed by atoms with E-state index in [-0.39, 0.29) is 105 Å². The number of quaternary nitrogens is 17. The van der Waals surface area contributed by atoms with Gasteiger partial charge in [-0.15, -0.1) is 0 Å². The standard InChI is InChI=1S/B4O7.5BO3.17H3N/c5-1-7-3-9-2(6)10-4(8-1)11-3;5*2-1(3)4;;;;;;;;;;;;;;;;;/h;;;;;;17*1H3/q-2;5*-3;;;;;;;;;;;;;;;;;/p+17. The zero-order valence-corrected chi connectivity index (χ0v) is 31.2. The second kappa shape index (κ2) is 96.9. The molecule has 2 bridgehead atoms. The van der Waals surface area contributed by atoms with E-state index in [1.165, 1.54) is 0 Å². The Balaban J connectivity index is -0.00000000945. The van der Waals surface area contributed by atoms with Crippen LogP contribution in [0, 0.1) is 0 Å². The van der Waals surface area contributed by atoms with Gasteiger partial charge in [0.1, 0.15) is 0 Å². The average molecular weight is 756 g/mol. The Morgan fingerprint density at radius 2 is 0.312 bits per heavy atom. The highest BCUT2D eigenvalue weighted by atomic mass is 16.9. The molecule has 0 aromatic heterocycles. The van der Waals surface area contributed by atoms with Crippen LogP contribution >= 0.6 is 0 Å². The maximum Gasteiger partial charge on any atom is 0.597 e. The lowest BCUT2D eigenvalue weighted by Crippen LogP contribution is -2.65. The van der Waals surface area contributed by atoms with Gasteiger partial charge in [0, 0.05) is 0 Å². The van der Waals surface area contributed by atoms with Gasteiger partial charge < -0.3 is 213 Å². The Morgan fingerprint density at radius 1 is 0.229 bits per heavy atom. The lowest BCUT2D eigenvalue weighted by Gasteiger charge is -2.40. The first kappa shape index (κ1) is 147. The summed E-state index contributed by atoms with van der Waals surface area (Å²) in [6, 6.07) is 0. The van der Waals surface area contributed by atoms with E-state index < -0.39 is 65.9 Å². The molecule has 2 aliphatic rings. The summed E-state index contributed by atoms with van der Waals surface area (Å²) >= 11 is 0. The summed E-state index contributed by atoms with van der Waals surface area (Å²) in [6.07, 6.45) is 0. The fraction of sp³-hybridized carbons (Fsp3) is 0. The highest BCUT2D eigenvalue weighted by Gasteiger charge is 2.44. The van der Waals surface area contributed by atoms with E-state index in [4.69, 9.17) is 75.4 Å². The van der Waals surface area contributed by atoms with Gasteiger partial charge in [0.25, 0.3) is 0 Å². The minimum Gasteiger partial charge on any atom is -0.907 e. The molecule has 2 fully saturated rings. The minimum absolute atomic E-state index is 0. The summed E-state index contributed by atoms with van der Waals surface area (Å²) in [6.45, 7) is 0. The third kappa shape index (κ3) is 241.